The molecule has 0 aromatic heterocycles. The van der Waals surface area contributed by atoms with Crippen LogP contribution in [0.5, 0.6) is 11.5 Å². The van der Waals surface area contributed by atoms with Crippen molar-refractivity contribution in [2.24, 2.45) is 16.8 Å². The van der Waals surface area contributed by atoms with Gasteiger partial charge in [-0.3, -0.25) is 9.79 Å². The van der Waals surface area contributed by atoms with Gasteiger partial charge in [0.1, 0.15) is 0 Å². The van der Waals surface area contributed by atoms with Crippen LogP contribution in [0.25, 0.3) is 0 Å². The maximum absolute atomic E-state index is 10.9. The SMILES string of the molecule is COc1ccc(C=NC[C@H]2CC[C@H](C(=O)O)CC2)cc1OC. The van der Waals surface area contributed by atoms with E-state index in [-0.39, 0.29) is 5.92 Å². The maximum atomic E-state index is 10.9. The van der Waals surface area contributed by atoms with Crippen LogP contribution in [0.4, 0.5) is 0 Å². The van der Waals surface area contributed by atoms with Crippen LogP contribution in [-0.2, 0) is 4.79 Å². The summed E-state index contributed by atoms with van der Waals surface area (Å²) in [4.78, 5) is 15.4. The Bertz CT molecular complexity index is 533. The minimum atomic E-state index is -0.660. The van der Waals surface area contributed by atoms with Crippen molar-refractivity contribution in [1.82, 2.24) is 0 Å². The molecule has 0 bridgehead atoms. The third-order valence-corrected chi connectivity index (χ3v) is 4.21. The quantitative estimate of drug-likeness (QED) is 0.820. The molecule has 0 amide bonds. The van der Waals surface area contributed by atoms with Gasteiger partial charge in [0.05, 0.1) is 20.1 Å². The molecule has 22 heavy (non-hydrogen) atoms. The van der Waals surface area contributed by atoms with Gasteiger partial charge in [0.25, 0.3) is 0 Å². The molecular weight excluding hydrogens is 282 g/mol. The number of nitrogens with zero attached hydrogens (tertiary/aromatic N) is 1. The van der Waals surface area contributed by atoms with Crippen molar-refractivity contribution in [3.05, 3.63) is 23.8 Å². The predicted molar refractivity (Wildman–Crippen MR) is 85.1 cm³/mol. The Labute approximate surface area is 131 Å². The lowest BCUT2D eigenvalue weighted by Crippen LogP contribution is -2.22. The van der Waals surface area contributed by atoms with E-state index in [1.54, 1.807) is 14.2 Å². The zero-order valence-electron chi connectivity index (χ0n) is 13.1. The molecule has 1 saturated carbocycles. The minimum absolute atomic E-state index is 0.161. The molecule has 1 N–H and O–H groups in total. The molecule has 0 saturated heterocycles. The number of carbonyl (C=O) groups is 1. The van der Waals surface area contributed by atoms with Crippen molar-refractivity contribution in [2.45, 2.75) is 25.7 Å². The Kier molecular flexibility index (Phi) is 5.81. The summed E-state index contributed by atoms with van der Waals surface area (Å²) in [5.41, 5.74) is 0.969. The molecule has 1 aliphatic rings. The van der Waals surface area contributed by atoms with Crippen LogP contribution in [0.1, 0.15) is 31.2 Å². The molecule has 0 unspecified atom stereocenters. The molecule has 0 aliphatic heterocycles. The number of hydrogen-bond donors (Lipinski definition) is 1. The summed E-state index contributed by atoms with van der Waals surface area (Å²) in [5.74, 6) is 1.06. The standard InChI is InChI=1S/C17H23NO4/c1-21-15-8-5-13(9-16(15)22-2)11-18-10-12-3-6-14(7-4-12)17(19)20/h5,8-9,11-12,14H,3-4,6-7,10H2,1-2H3,(H,19,20)/t12-,14-. The van der Waals surface area contributed by atoms with E-state index in [1.807, 2.05) is 24.4 Å². The summed E-state index contributed by atoms with van der Waals surface area (Å²) < 4.78 is 10.5. The average molecular weight is 305 g/mol. The molecule has 0 atom stereocenters. The molecule has 120 valence electrons. The van der Waals surface area contributed by atoms with Crippen molar-refractivity contribution >= 4 is 12.2 Å². The third-order valence-electron chi connectivity index (χ3n) is 4.21. The van der Waals surface area contributed by atoms with Gasteiger partial charge in [0.2, 0.25) is 0 Å². The largest absolute Gasteiger partial charge is 0.493 e. The summed E-state index contributed by atoms with van der Waals surface area (Å²) in [6.07, 6.45) is 5.27. The zero-order valence-corrected chi connectivity index (χ0v) is 13.1. The number of rotatable bonds is 6. The van der Waals surface area contributed by atoms with Crippen molar-refractivity contribution in [3.8, 4) is 11.5 Å². The molecule has 1 fully saturated rings. The normalized spacial score (nSPS) is 21.7. The van der Waals surface area contributed by atoms with Gasteiger partial charge in [-0.25, -0.2) is 0 Å². The Morgan fingerprint density at radius 3 is 2.50 bits per heavy atom. The van der Waals surface area contributed by atoms with Crippen molar-refractivity contribution in [1.29, 1.82) is 0 Å². The van der Waals surface area contributed by atoms with E-state index in [4.69, 9.17) is 14.6 Å². The van der Waals surface area contributed by atoms with E-state index in [9.17, 15) is 4.79 Å². The average Bonchev–Trinajstić information content (AvgIpc) is 2.55. The second kappa shape index (κ2) is 7.82. The summed E-state index contributed by atoms with van der Waals surface area (Å²) in [7, 11) is 3.22. The maximum Gasteiger partial charge on any atom is 0.306 e. The highest BCUT2D eigenvalue weighted by Gasteiger charge is 2.25. The van der Waals surface area contributed by atoms with Crippen LogP contribution in [0, 0.1) is 11.8 Å². The van der Waals surface area contributed by atoms with E-state index in [0.29, 0.717) is 17.4 Å². The van der Waals surface area contributed by atoms with Crippen LogP contribution in [0.15, 0.2) is 23.2 Å². The van der Waals surface area contributed by atoms with Crippen molar-refractivity contribution in [2.75, 3.05) is 20.8 Å². The van der Waals surface area contributed by atoms with Gasteiger partial charge < -0.3 is 14.6 Å². The second-order valence-corrected chi connectivity index (χ2v) is 5.66. The van der Waals surface area contributed by atoms with Gasteiger partial charge in [-0.2, -0.15) is 0 Å². The van der Waals surface area contributed by atoms with Crippen LogP contribution in [0.3, 0.4) is 0 Å². The van der Waals surface area contributed by atoms with Gasteiger partial charge in [-0.15, -0.1) is 0 Å². The smallest absolute Gasteiger partial charge is 0.306 e. The van der Waals surface area contributed by atoms with Gasteiger partial charge in [0, 0.05) is 12.8 Å². The fraction of sp³-hybridized carbons (Fsp3) is 0.529. The number of aliphatic imine (C=N–C) groups is 1. The third kappa shape index (κ3) is 4.23. The van der Waals surface area contributed by atoms with Gasteiger partial charge in [0.15, 0.2) is 11.5 Å². The lowest BCUT2D eigenvalue weighted by molar-refractivity contribution is -0.143. The highest BCUT2D eigenvalue weighted by Crippen LogP contribution is 2.29. The number of benzene rings is 1. The van der Waals surface area contributed by atoms with Gasteiger partial charge >= 0.3 is 5.97 Å². The summed E-state index contributed by atoms with van der Waals surface area (Å²) >= 11 is 0. The van der Waals surface area contributed by atoms with Crippen LogP contribution >= 0.6 is 0 Å². The molecular formula is C17H23NO4. The van der Waals surface area contributed by atoms with E-state index in [1.165, 1.54) is 0 Å². The topological polar surface area (TPSA) is 68.1 Å². The van der Waals surface area contributed by atoms with Gasteiger partial charge in [-0.1, -0.05) is 0 Å². The first-order chi connectivity index (χ1) is 10.6. The number of methoxy groups -OCH3 is 2. The van der Waals surface area contributed by atoms with E-state index < -0.39 is 5.97 Å². The molecule has 0 radical (unpaired) electrons. The highest BCUT2D eigenvalue weighted by atomic mass is 16.5. The number of ether oxygens (including phenoxy) is 2. The van der Waals surface area contributed by atoms with Crippen LogP contribution < -0.4 is 9.47 Å². The molecule has 5 heteroatoms. The van der Waals surface area contributed by atoms with Crippen LogP contribution in [0.2, 0.25) is 0 Å². The Balaban J connectivity index is 1.87. The summed E-state index contributed by atoms with van der Waals surface area (Å²) in [6.45, 7) is 0.751. The number of carboxylic acid groups (broad SMARTS) is 1. The molecule has 1 aromatic carbocycles. The van der Waals surface area contributed by atoms with E-state index >= 15 is 0 Å². The second-order valence-electron chi connectivity index (χ2n) is 5.66. The lowest BCUT2D eigenvalue weighted by Gasteiger charge is -2.24. The summed E-state index contributed by atoms with van der Waals surface area (Å²) in [5, 5.41) is 8.99. The Morgan fingerprint density at radius 1 is 1.23 bits per heavy atom. The van der Waals surface area contributed by atoms with Crippen molar-refractivity contribution < 1.29 is 19.4 Å². The van der Waals surface area contributed by atoms with Crippen LogP contribution in [-0.4, -0.2) is 38.1 Å². The number of hydrogen-bond acceptors (Lipinski definition) is 4. The molecule has 0 heterocycles. The Morgan fingerprint density at radius 2 is 1.91 bits per heavy atom. The zero-order chi connectivity index (χ0) is 15.9. The van der Waals surface area contributed by atoms with Gasteiger partial charge in [-0.05, 0) is 55.4 Å². The summed E-state index contributed by atoms with van der Waals surface area (Å²) in [6, 6.07) is 5.69. The van der Waals surface area contributed by atoms with E-state index in [0.717, 1.165) is 37.8 Å². The first-order valence-corrected chi connectivity index (χ1v) is 7.58. The number of carboxylic acids is 1. The molecule has 0 spiro atoms. The fourth-order valence-corrected chi connectivity index (χ4v) is 2.83. The predicted octanol–water partition coefficient (Wildman–Crippen LogP) is 3.01. The monoisotopic (exact) mass is 305 g/mol. The fourth-order valence-electron chi connectivity index (χ4n) is 2.83. The van der Waals surface area contributed by atoms with E-state index in [2.05, 4.69) is 4.99 Å². The first-order valence-electron chi connectivity index (χ1n) is 7.58. The number of aliphatic carboxylic acids is 1. The molecule has 2 rings (SSSR count). The lowest BCUT2D eigenvalue weighted by atomic mass is 9.82. The highest BCUT2D eigenvalue weighted by molar-refractivity contribution is 5.80. The molecule has 5 nitrogen and oxygen atoms in total. The molecule has 1 aliphatic carbocycles. The first kappa shape index (κ1) is 16.3. The minimum Gasteiger partial charge on any atom is -0.493 e. The Hall–Kier alpha value is -2.04. The van der Waals surface area contributed by atoms with Crippen molar-refractivity contribution in [3.63, 3.8) is 0 Å². The molecule has 1 aromatic rings.